The molecule has 1 rings (SSSR count). The van der Waals surface area contributed by atoms with Gasteiger partial charge >= 0.3 is 5.97 Å². The monoisotopic (exact) mass is 343 g/mol. The van der Waals surface area contributed by atoms with Crippen LogP contribution in [-0.4, -0.2) is 49.0 Å². The summed E-state index contributed by atoms with van der Waals surface area (Å²) in [4.78, 5) is 10.2. The van der Waals surface area contributed by atoms with Gasteiger partial charge in [-0.15, -0.1) is 0 Å². The number of hydrogen-bond donors (Lipinski definition) is 4. The van der Waals surface area contributed by atoms with E-state index < -0.39 is 45.9 Å². The number of sulfonamides is 1. The molecule has 0 saturated carbocycles. The molecule has 0 radical (unpaired) electrons. The molecular formula is C8H10BrNO7S. The van der Waals surface area contributed by atoms with Crippen LogP contribution in [0.5, 0.6) is 0 Å². The normalized spacial score (nSPS) is 12.0. The van der Waals surface area contributed by atoms with Crippen LogP contribution in [0.2, 0.25) is 0 Å². The lowest BCUT2D eigenvalue weighted by Crippen LogP contribution is -2.39. The van der Waals surface area contributed by atoms with Crippen molar-refractivity contribution in [2.75, 3.05) is 13.2 Å². The van der Waals surface area contributed by atoms with Crippen LogP contribution in [0.4, 0.5) is 0 Å². The maximum atomic E-state index is 11.8. The number of carboxylic acid groups (broad SMARTS) is 1. The average Bonchev–Trinajstić information content (AvgIpc) is 2.69. The molecule has 0 aliphatic heterocycles. The molecule has 8 nitrogen and oxygen atoms in total. The van der Waals surface area contributed by atoms with Crippen molar-refractivity contribution in [3.8, 4) is 0 Å². The van der Waals surface area contributed by atoms with Crippen LogP contribution >= 0.6 is 15.9 Å². The van der Waals surface area contributed by atoms with Crippen LogP contribution < -0.4 is 4.72 Å². The maximum Gasteiger partial charge on any atom is 0.371 e. The number of furan rings is 1. The highest BCUT2D eigenvalue weighted by Crippen LogP contribution is 2.26. The molecule has 1 heterocycles. The summed E-state index contributed by atoms with van der Waals surface area (Å²) in [6.07, 6.45) is 0. The van der Waals surface area contributed by atoms with E-state index >= 15 is 0 Å². The topological polar surface area (TPSA) is 137 Å². The van der Waals surface area contributed by atoms with Crippen LogP contribution in [0, 0.1) is 0 Å². The molecule has 0 amide bonds. The Morgan fingerprint density at radius 2 is 2.00 bits per heavy atom. The van der Waals surface area contributed by atoms with Gasteiger partial charge in [-0.3, -0.25) is 0 Å². The van der Waals surface area contributed by atoms with Crippen molar-refractivity contribution in [2.45, 2.75) is 10.9 Å². The van der Waals surface area contributed by atoms with E-state index in [0.717, 1.165) is 6.07 Å². The van der Waals surface area contributed by atoms with Gasteiger partial charge in [0.2, 0.25) is 15.8 Å². The molecule has 0 aliphatic carbocycles. The molecule has 0 unspecified atom stereocenters. The first-order chi connectivity index (χ1) is 8.31. The molecule has 0 saturated heterocycles. The predicted octanol–water partition coefficient (Wildman–Crippen LogP) is -0.628. The standard InChI is InChI=1S/C8H10BrNO7S/c9-7-6(1-5(17-7)8(13)14)18(15,16)10-4(2-11)3-12/h1,4,10-12H,2-3H2,(H,13,14). The van der Waals surface area contributed by atoms with Crippen LogP contribution in [-0.2, 0) is 10.0 Å². The van der Waals surface area contributed by atoms with E-state index in [0.29, 0.717) is 0 Å². The second-order valence-electron chi connectivity index (χ2n) is 3.24. The maximum absolute atomic E-state index is 11.8. The average molecular weight is 344 g/mol. The van der Waals surface area contributed by atoms with E-state index in [2.05, 4.69) is 20.3 Å². The highest BCUT2D eigenvalue weighted by molar-refractivity contribution is 9.10. The summed E-state index contributed by atoms with van der Waals surface area (Å²) >= 11 is 2.78. The summed E-state index contributed by atoms with van der Waals surface area (Å²) in [5.74, 6) is -1.97. The van der Waals surface area contributed by atoms with E-state index in [-0.39, 0.29) is 4.67 Å². The van der Waals surface area contributed by atoms with Crippen LogP contribution in [0.1, 0.15) is 10.6 Å². The number of nitrogens with one attached hydrogen (secondary N) is 1. The van der Waals surface area contributed by atoms with Crippen molar-refractivity contribution in [2.24, 2.45) is 0 Å². The Balaban J connectivity index is 3.09. The van der Waals surface area contributed by atoms with Gasteiger partial charge in [0.1, 0.15) is 4.90 Å². The number of carbonyl (C=O) groups is 1. The number of aliphatic hydroxyl groups is 2. The zero-order valence-electron chi connectivity index (χ0n) is 8.83. The molecule has 0 aromatic carbocycles. The molecule has 0 spiro atoms. The first kappa shape index (κ1) is 15.1. The fourth-order valence-corrected chi connectivity index (χ4v) is 3.21. The number of carboxylic acids is 1. The molecule has 0 fully saturated rings. The lowest BCUT2D eigenvalue weighted by molar-refractivity contribution is 0.0661. The molecule has 1 aromatic heterocycles. The zero-order valence-corrected chi connectivity index (χ0v) is 11.2. The fraction of sp³-hybridized carbons (Fsp3) is 0.375. The van der Waals surface area contributed by atoms with Gasteiger partial charge in [0.25, 0.3) is 0 Å². The molecule has 1 aromatic rings. The van der Waals surface area contributed by atoms with Crippen LogP contribution in [0.15, 0.2) is 20.0 Å². The lowest BCUT2D eigenvalue weighted by Gasteiger charge is -2.12. The molecule has 0 aliphatic rings. The van der Waals surface area contributed by atoms with Crippen LogP contribution in [0.25, 0.3) is 0 Å². The van der Waals surface area contributed by atoms with E-state index in [1.54, 1.807) is 0 Å². The Morgan fingerprint density at radius 3 is 2.39 bits per heavy atom. The van der Waals surface area contributed by atoms with Gasteiger partial charge in [0, 0.05) is 6.07 Å². The summed E-state index contributed by atoms with van der Waals surface area (Å²) in [5.41, 5.74) is 0. The Bertz CT molecular complexity index is 534. The van der Waals surface area contributed by atoms with Crippen molar-refractivity contribution in [3.63, 3.8) is 0 Å². The zero-order chi connectivity index (χ0) is 13.9. The Hall–Kier alpha value is -0.940. The van der Waals surface area contributed by atoms with E-state index in [9.17, 15) is 13.2 Å². The van der Waals surface area contributed by atoms with E-state index in [1.807, 2.05) is 4.72 Å². The second kappa shape index (κ2) is 5.80. The smallest absolute Gasteiger partial charge is 0.371 e. The van der Waals surface area contributed by atoms with Gasteiger partial charge in [0.05, 0.1) is 19.3 Å². The van der Waals surface area contributed by atoms with Crippen molar-refractivity contribution < 1.29 is 32.9 Å². The third kappa shape index (κ3) is 3.29. The summed E-state index contributed by atoms with van der Waals surface area (Å²) in [5, 5.41) is 26.2. The number of hydrogen-bond acceptors (Lipinski definition) is 6. The van der Waals surface area contributed by atoms with E-state index in [1.165, 1.54) is 0 Å². The number of rotatable bonds is 6. The quantitative estimate of drug-likeness (QED) is 0.539. The van der Waals surface area contributed by atoms with Crippen molar-refractivity contribution in [3.05, 3.63) is 16.5 Å². The minimum atomic E-state index is -4.10. The number of aromatic carboxylic acids is 1. The molecule has 4 N–H and O–H groups in total. The number of halogens is 1. The number of aliphatic hydroxyl groups excluding tert-OH is 2. The summed E-state index contributed by atoms with van der Waals surface area (Å²) in [6, 6.07) is -0.259. The van der Waals surface area contributed by atoms with Gasteiger partial charge in [-0.1, -0.05) is 0 Å². The van der Waals surface area contributed by atoms with Gasteiger partial charge in [-0.2, -0.15) is 0 Å². The van der Waals surface area contributed by atoms with Gasteiger partial charge in [0.15, 0.2) is 4.67 Å². The van der Waals surface area contributed by atoms with Crippen molar-refractivity contribution in [1.29, 1.82) is 0 Å². The molecule has 0 bridgehead atoms. The first-order valence-electron chi connectivity index (χ1n) is 4.58. The Kier molecular flexibility index (Phi) is 4.87. The van der Waals surface area contributed by atoms with Gasteiger partial charge in [-0.05, 0) is 15.9 Å². The first-order valence-corrected chi connectivity index (χ1v) is 6.86. The van der Waals surface area contributed by atoms with Gasteiger partial charge in [-0.25, -0.2) is 17.9 Å². The summed E-state index contributed by atoms with van der Waals surface area (Å²) < 4.78 is 30.0. The third-order valence-electron chi connectivity index (χ3n) is 1.92. The SMILES string of the molecule is O=C(O)c1cc(S(=O)(=O)NC(CO)CO)c(Br)o1. The van der Waals surface area contributed by atoms with Crippen molar-refractivity contribution in [1.82, 2.24) is 4.72 Å². The Labute approximate surface area is 110 Å². The van der Waals surface area contributed by atoms with E-state index in [4.69, 9.17) is 15.3 Å². The van der Waals surface area contributed by atoms with Gasteiger partial charge < -0.3 is 19.7 Å². The lowest BCUT2D eigenvalue weighted by atomic mass is 10.4. The molecule has 10 heteroatoms. The second-order valence-corrected chi connectivity index (χ2v) is 5.64. The largest absolute Gasteiger partial charge is 0.475 e. The Morgan fingerprint density at radius 1 is 1.44 bits per heavy atom. The molecule has 102 valence electrons. The predicted molar refractivity (Wildman–Crippen MR) is 61.6 cm³/mol. The summed E-state index contributed by atoms with van der Waals surface area (Å²) in [7, 11) is -4.10. The van der Waals surface area contributed by atoms with Crippen LogP contribution in [0.3, 0.4) is 0 Å². The molecular weight excluding hydrogens is 334 g/mol. The third-order valence-corrected chi connectivity index (χ3v) is 4.30. The highest BCUT2D eigenvalue weighted by Gasteiger charge is 2.26. The summed E-state index contributed by atoms with van der Waals surface area (Å²) in [6.45, 7) is -1.20. The minimum absolute atomic E-state index is 0.276. The fourth-order valence-electron chi connectivity index (χ4n) is 1.06. The highest BCUT2D eigenvalue weighted by atomic mass is 79.9. The minimum Gasteiger partial charge on any atom is -0.475 e. The molecule has 0 atom stereocenters. The van der Waals surface area contributed by atoms with Crippen molar-refractivity contribution >= 4 is 31.9 Å². The molecule has 18 heavy (non-hydrogen) atoms.